The van der Waals surface area contributed by atoms with Crippen LogP contribution in [-0.4, -0.2) is 13.1 Å². The average Bonchev–Trinajstić information content (AvgIpc) is 2.43. The van der Waals surface area contributed by atoms with E-state index in [2.05, 4.69) is 33.4 Å². The van der Waals surface area contributed by atoms with Crippen LogP contribution in [0.2, 0.25) is 0 Å². The number of rotatable bonds is 1. The summed E-state index contributed by atoms with van der Waals surface area (Å²) >= 11 is 5.41. The van der Waals surface area contributed by atoms with Gasteiger partial charge < -0.3 is 5.32 Å². The summed E-state index contributed by atoms with van der Waals surface area (Å²) < 4.78 is 1.26. The summed E-state index contributed by atoms with van der Waals surface area (Å²) in [7, 11) is 0. The van der Waals surface area contributed by atoms with E-state index in [1.54, 1.807) is 4.88 Å². The molecule has 1 atom stereocenters. The fourth-order valence-corrected chi connectivity index (χ4v) is 3.44. The molecule has 1 N–H and O–H groups in total. The van der Waals surface area contributed by atoms with Crippen LogP contribution >= 0.6 is 27.3 Å². The van der Waals surface area contributed by atoms with Crippen molar-refractivity contribution in [1.82, 2.24) is 5.32 Å². The largest absolute Gasteiger partial charge is 0.317 e. The van der Waals surface area contributed by atoms with Gasteiger partial charge in [-0.05, 0) is 66.3 Å². The number of hydrogen-bond acceptors (Lipinski definition) is 2. The zero-order valence-corrected chi connectivity index (χ0v) is 9.96. The van der Waals surface area contributed by atoms with Crippen molar-refractivity contribution in [2.45, 2.75) is 25.2 Å². The second-order valence-corrected chi connectivity index (χ2v) is 6.01. The van der Waals surface area contributed by atoms with Gasteiger partial charge in [-0.15, -0.1) is 11.3 Å². The molecule has 1 aromatic heterocycles. The van der Waals surface area contributed by atoms with Crippen molar-refractivity contribution in [2.24, 2.45) is 0 Å². The molecule has 1 nitrogen and oxygen atoms in total. The van der Waals surface area contributed by atoms with Gasteiger partial charge in [-0.1, -0.05) is 0 Å². The molecule has 0 aliphatic carbocycles. The van der Waals surface area contributed by atoms with Crippen molar-refractivity contribution in [3.8, 4) is 0 Å². The lowest BCUT2D eigenvalue weighted by Gasteiger charge is -2.10. The van der Waals surface area contributed by atoms with E-state index < -0.39 is 0 Å². The number of hydrogen-bond donors (Lipinski definition) is 1. The SMILES string of the molecule is Brc1ccc(C2CCCNCC2)s1. The minimum absolute atomic E-state index is 0.797. The molecule has 0 spiro atoms. The molecule has 13 heavy (non-hydrogen) atoms. The van der Waals surface area contributed by atoms with Crippen LogP contribution in [0, 0.1) is 0 Å². The Kier molecular flexibility index (Phi) is 3.41. The van der Waals surface area contributed by atoms with Gasteiger partial charge in [0, 0.05) is 4.88 Å². The zero-order chi connectivity index (χ0) is 9.10. The van der Waals surface area contributed by atoms with Gasteiger partial charge in [0.2, 0.25) is 0 Å². The van der Waals surface area contributed by atoms with Crippen molar-refractivity contribution in [3.05, 3.63) is 20.8 Å². The summed E-state index contributed by atoms with van der Waals surface area (Å²) in [6.07, 6.45) is 3.97. The number of nitrogens with one attached hydrogen (secondary N) is 1. The van der Waals surface area contributed by atoms with Gasteiger partial charge in [0.05, 0.1) is 3.79 Å². The van der Waals surface area contributed by atoms with Gasteiger partial charge in [0.15, 0.2) is 0 Å². The first-order valence-electron chi connectivity index (χ1n) is 4.82. The van der Waals surface area contributed by atoms with Crippen LogP contribution in [0.5, 0.6) is 0 Å². The molecule has 1 saturated heterocycles. The van der Waals surface area contributed by atoms with Crippen molar-refractivity contribution in [3.63, 3.8) is 0 Å². The van der Waals surface area contributed by atoms with E-state index in [9.17, 15) is 0 Å². The van der Waals surface area contributed by atoms with Crippen LogP contribution < -0.4 is 5.32 Å². The van der Waals surface area contributed by atoms with Crippen molar-refractivity contribution in [2.75, 3.05) is 13.1 Å². The predicted molar refractivity (Wildman–Crippen MR) is 61.5 cm³/mol. The Balaban J connectivity index is 2.06. The van der Waals surface area contributed by atoms with Gasteiger partial charge in [-0.3, -0.25) is 0 Å². The molecule has 72 valence electrons. The topological polar surface area (TPSA) is 12.0 Å². The van der Waals surface area contributed by atoms with Gasteiger partial charge in [0.1, 0.15) is 0 Å². The van der Waals surface area contributed by atoms with E-state index in [1.165, 1.54) is 36.1 Å². The Bertz CT molecular complexity index is 264. The number of thiophene rings is 1. The molecule has 1 unspecified atom stereocenters. The Hall–Kier alpha value is 0.140. The first kappa shape index (κ1) is 9.69. The summed E-state index contributed by atoms with van der Waals surface area (Å²) in [5.74, 6) is 0.797. The number of halogens is 1. The third kappa shape index (κ3) is 2.55. The first-order chi connectivity index (χ1) is 6.36. The van der Waals surface area contributed by atoms with Gasteiger partial charge in [-0.25, -0.2) is 0 Å². The molecular formula is C10H14BrNS. The molecule has 1 aromatic rings. The van der Waals surface area contributed by atoms with Crippen molar-refractivity contribution in [1.29, 1.82) is 0 Å². The minimum atomic E-state index is 0.797. The molecular weight excluding hydrogens is 246 g/mol. The first-order valence-corrected chi connectivity index (χ1v) is 6.43. The molecule has 0 amide bonds. The van der Waals surface area contributed by atoms with E-state index in [0.29, 0.717) is 0 Å². The Morgan fingerprint density at radius 2 is 2.23 bits per heavy atom. The maximum Gasteiger partial charge on any atom is 0.0701 e. The second kappa shape index (κ2) is 4.58. The molecule has 0 saturated carbocycles. The van der Waals surface area contributed by atoms with Gasteiger partial charge in [-0.2, -0.15) is 0 Å². The molecule has 1 aliphatic rings. The molecule has 1 fully saturated rings. The maximum atomic E-state index is 3.52. The highest BCUT2D eigenvalue weighted by Crippen LogP contribution is 2.33. The van der Waals surface area contributed by atoms with Crippen LogP contribution in [0.15, 0.2) is 15.9 Å². The van der Waals surface area contributed by atoms with E-state index in [1.807, 2.05) is 11.3 Å². The maximum absolute atomic E-state index is 3.52. The van der Waals surface area contributed by atoms with Crippen LogP contribution in [0.1, 0.15) is 30.1 Å². The van der Waals surface area contributed by atoms with Crippen LogP contribution in [0.25, 0.3) is 0 Å². The normalized spacial score (nSPS) is 24.2. The summed E-state index contributed by atoms with van der Waals surface area (Å²) in [5.41, 5.74) is 0. The third-order valence-electron chi connectivity index (χ3n) is 2.57. The fourth-order valence-electron chi connectivity index (χ4n) is 1.85. The Labute approximate surface area is 91.7 Å². The zero-order valence-electron chi connectivity index (χ0n) is 7.55. The molecule has 2 rings (SSSR count). The molecule has 2 heterocycles. The van der Waals surface area contributed by atoms with Crippen molar-refractivity contribution >= 4 is 27.3 Å². The fraction of sp³-hybridized carbons (Fsp3) is 0.600. The lowest BCUT2D eigenvalue weighted by atomic mass is 9.99. The predicted octanol–water partition coefficient (Wildman–Crippen LogP) is 3.37. The third-order valence-corrected chi connectivity index (χ3v) is 4.36. The summed E-state index contributed by atoms with van der Waals surface area (Å²) in [6, 6.07) is 4.43. The van der Waals surface area contributed by atoms with Crippen LogP contribution in [0.3, 0.4) is 0 Å². The summed E-state index contributed by atoms with van der Waals surface area (Å²) in [4.78, 5) is 1.55. The van der Waals surface area contributed by atoms with Crippen molar-refractivity contribution < 1.29 is 0 Å². The van der Waals surface area contributed by atoms with Gasteiger partial charge in [0.25, 0.3) is 0 Å². The van der Waals surface area contributed by atoms with E-state index in [0.717, 1.165) is 5.92 Å². The summed E-state index contributed by atoms with van der Waals surface area (Å²) in [6.45, 7) is 2.38. The second-order valence-electron chi connectivity index (χ2n) is 3.52. The lowest BCUT2D eigenvalue weighted by molar-refractivity contribution is 0.619. The Morgan fingerprint density at radius 1 is 1.31 bits per heavy atom. The monoisotopic (exact) mass is 259 g/mol. The average molecular weight is 260 g/mol. The molecule has 0 radical (unpaired) electrons. The molecule has 1 aliphatic heterocycles. The van der Waals surface area contributed by atoms with E-state index in [-0.39, 0.29) is 0 Å². The summed E-state index contributed by atoms with van der Waals surface area (Å²) in [5, 5.41) is 3.45. The van der Waals surface area contributed by atoms with Gasteiger partial charge >= 0.3 is 0 Å². The highest BCUT2D eigenvalue weighted by Gasteiger charge is 2.15. The van der Waals surface area contributed by atoms with Crippen LogP contribution in [0.4, 0.5) is 0 Å². The van der Waals surface area contributed by atoms with Crippen LogP contribution in [-0.2, 0) is 0 Å². The smallest absolute Gasteiger partial charge is 0.0701 e. The van der Waals surface area contributed by atoms with E-state index >= 15 is 0 Å². The highest BCUT2D eigenvalue weighted by molar-refractivity contribution is 9.11. The minimum Gasteiger partial charge on any atom is -0.317 e. The standard InChI is InChI=1S/C10H14BrNS/c11-10-4-3-9(13-10)8-2-1-6-12-7-5-8/h3-4,8,12H,1-2,5-7H2. The Morgan fingerprint density at radius 3 is 3.00 bits per heavy atom. The molecule has 0 bridgehead atoms. The molecule has 0 aromatic carbocycles. The van der Waals surface area contributed by atoms with E-state index in [4.69, 9.17) is 0 Å². The quantitative estimate of drug-likeness (QED) is 0.816. The lowest BCUT2D eigenvalue weighted by Crippen LogP contribution is -2.13. The highest BCUT2D eigenvalue weighted by atomic mass is 79.9. The molecule has 3 heteroatoms.